The topological polar surface area (TPSA) is 295 Å². The van der Waals surface area contributed by atoms with Gasteiger partial charge in [-0.3, -0.25) is 28.0 Å². The Kier molecular flexibility index (Phi) is 18.8. The molecule has 0 unspecified atom stereocenters. The summed E-state index contributed by atoms with van der Waals surface area (Å²) in [5.41, 5.74) is -2.26. The van der Waals surface area contributed by atoms with Crippen LogP contribution in [0.4, 0.5) is 28.4 Å². The van der Waals surface area contributed by atoms with E-state index in [1.807, 2.05) is 0 Å². The average molecular weight is 972 g/mol. The number of phenols is 1. The number of amides is 3. The zero-order valence-corrected chi connectivity index (χ0v) is 40.1. The monoisotopic (exact) mass is 970 g/mol. The number of aromatic hydroxyl groups is 1. The Hall–Kier alpha value is -1.88. The van der Waals surface area contributed by atoms with Crippen LogP contribution in [-0.2, 0) is 39.9 Å². The van der Waals surface area contributed by atoms with Crippen LogP contribution in [0.25, 0.3) is 10.8 Å². The number of nitrogens with one attached hydrogen (secondary N) is 3. The van der Waals surface area contributed by atoms with E-state index in [1.165, 1.54) is 24.3 Å². The molecule has 3 radical (unpaired) electrons. The van der Waals surface area contributed by atoms with Crippen molar-refractivity contribution in [3.8, 4) is 5.75 Å². The van der Waals surface area contributed by atoms with Crippen LogP contribution in [0.15, 0.2) is 108 Å². The number of benzene rings is 4. The molecule has 0 atom stereocenters. The van der Waals surface area contributed by atoms with Gasteiger partial charge >= 0.3 is 0 Å². The fourth-order valence-corrected chi connectivity index (χ4v) is 6.30. The van der Waals surface area contributed by atoms with Crippen LogP contribution in [0.1, 0.15) is 10.4 Å². The summed E-state index contributed by atoms with van der Waals surface area (Å²) in [6.45, 7) is 6.81. The molecule has 0 saturated carbocycles. The summed E-state index contributed by atoms with van der Waals surface area (Å²) in [5.74, 6) is -3.45. The molecule has 0 spiro atoms. The van der Waals surface area contributed by atoms with Crippen molar-refractivity contribution < 1.29 is 58.4 Å². The van der Waals surface area contributed by atoms with E-state index in [1.54, 1.807) is 0 Å². The van der Waals surface area contributed by atoms with Crippen molar-refractivity contribution in [2.45, 2.75) is 14.7 Å². The molecule has 18 nitrogen and oxygen atoms in total. The molecule has 4 rings (SSSR count). The number of fused-ring (bicyclic) bond motifs is 1. The van der Waals surface area contributed by atoms with Crippen molar-refractivity contribution in [2.24, 2.45) is 10.2 Å². The van der Waals surface area contributed by atoms with Gasteiger partial charge in [-0.2, -0.15) is 25.3 Å². The molecule has 0 aromatic heterocycles. The van der Waals surface area contributed by atoms with Crippen LogP contribution in [-0.4, -0.2) is 150 Å². The Balaban J connectivity index is 0.00000504. The van der Waals surface area contributed by atoms with E-state index in [9.17, 15) is 58.4 Å². The Morgan fingerprint density at radius 1 is 0.636 bits per heavy atom. The van der Waals surface area contributed by atoms with Gasteiger partial charge in [0.25, 0.3) is 48.1 Å². The standard InChI is InChI=1S/C29H21Br2N5O13S3.3Na/c1-13(30)27(38)32-17-5-3-15(4-6-17)29(40)34-21-12-19(50(41,42)43)9-16-10-23(52(47,48)49)25(26(37)24(16)21)36-35-20-11-18(33-28(39)14(2)31)7-8-22(20)51(44,45)46;;;/h3-12,37H,1-2H2,(H,32,38)(H,33,39)(H,34,40)(H,41,42,43)(H,44,45,46)(H,47,48,49);;;. The first-order chi connectivity index (χ1) is 24.0. The largest absolute Gasteiger partial charge is 0.505 e. The van der Waals surface area contributed by atoms with Gasteiger partial charge in [-0.25, -0.2) is 0 Å². The number of azo groups is 1. The van der Waals surface area contributed by atoms with E-state index < -0.39 is 96.3 Å². The van der Waals surface area contributed by atoms with Crippen molar-refractivity contribution in [3.63, 3.8) is 0 Å². The van der Waals surface area contributed by atoms with Crippen molar-refractivity contribution in [1.29, 1.82) is 0 Å². The summed E-state index contributed by atoms with van der Waals surface area (Å²) < 4.78 is 103. The minimum Gasteiger partial charge on any atom is -0.505 e. The smallest absolute Gasteiger partial charge is 0.296 e. The fourth-order valence-electron chi connectivity index (χ4n) is 4.29. The quantitative estimate of drug-likeness (QED) is 0.0472. The van der Waals surface area contributed by atoms with E-state index in [0.29, 0.717) is 18.2 Å². The number of hydrogen-bond acceptors (Lipinski definition) is 12. The second kappa shape index (κ2) is 20.2. The molecule has 275 valence electrons. The van der Waals surface area contributed by atoms with E-state index >= 15 is 0 Å². The number of halogens is 2. The van der Waals surface area contributed by atoms with Crippen molar-refractivity contribution in [2.75, 3.05) is 16.0 Å². The van der Waals surface area contributed by atoms with Crippen LogP contribution >= 0.6 is 31.9 Å². The van der Waals surface area contributed by atoms with Crippen molar-refractivity contribution in [1.82, 2.24) is 0 Å². The van der Waals surface area contributed by atoms with Crippen molar-refractivity contribution >= 4 is 208 Å². The maximum absolute atomic E-state index is 13.3. The zero-order valence-electron chi connectivity index (χ0n) is 28.5. The molecule has 4 aromatic rings. The van der Waals surface area contributed by atoms with Crippen LogP contribution in [0, 0.1) is 0 Å². The first-order valence-corrected chi connectivity index (χ1v) is 19.4. The van der Waals surface area contributed by atoms with E-state index in [2.05, 4.69) is 71.2 Å². The zero-order chi connectivity index (χ0) is 38.9. The number of carbonyl (C=O) groups excluding carboxylic acids is 3. The molecule has 0 heterocycles. The van der Waals surface area contributed by atoms with Gasteiger partial charge in [0.15, 0.2) is 5.75 Å². The van der Waals surface area contributed by atoms with Gasteiger partial charge in [-0.1, -0.05) is 13.2 Å². The first-order valence-electron chi connectivity index (χ1n) is 13.5. The molecule has 7 N–H and O–H groups in total. The van der Waals surface area contributed by atoms with E-state index in [4.69, 9.17) is 0 Å². The SMILES string of the molecule is C=C(Br)C(=O)Nc1ccc(C(=O)Nc2cc(S(=O)(=O)O)cc3cc(S(=O)(=O)O)c(N=Nc4cc(NC(=O)C(=C)Br)ccc4S(=O)(=O)O)c(O)c23)cc1.[Na].[Na].[Na]. The predicted molar refractivity (Wildman–Crippen MR) is 211 cm³/mol. The summed E-state index contributed by atoms with van der Waals surface area (Å²) in [6, 6.07) is 9.95. The summed E-state index contributed by atoms with van der Waals surface area (Å²) in [4.78, 5) is 34.2. The molecule has 0 aliphatic rings. The summed E-state index contributed by atoms with van der Waals surface area (Å²) in [5, 5.41) is 24.8. The van der Waals surface area contributed by atoms with Gasteiger partial charge in [0.2, 0.25) is 0 Å². The molecule has 0 saturated heterocycles. The normalized spacial score (nSPS) is 11.4. The second-order valence-electron chi connectivity index (χ2n) is 10.2. The number of nitrogens with zero attached hydrogens (tertiary/aromatic N) is 2. The van der Waals surface area contributed by atoms with Gasteiger partial charge in [-0.05, 0) is 97.9 Å². The third-order valence-electron chi connectivity index (χ3n) is 6.60. The Bertz CT molecular complexity index is 2610. The van der Waals surface area contributed by atoms with E-state index in [0.717, 1.165) is 18.2 Å². The van der Waals surface area contributed by atoms with Gasteiger partial charge in [0.1, 0.15) is 21.2 Å². The third kappa shape index (κ3) is 13.1. The Labute approximate surface area is 396 Å². The second-order valence-corrected chi connectivity index (χ2v) is 16.3. The molecule has 26 heteroatoms. The summed E-state index contributed by atoms with van der Waals surface area (Å²) in [6.07, 6.45) is 0. The minimum atomic E-state index is -5.36. The van der Waals surface area contributed by atoms with Crippen LogP contribution in [0.5, 0.6) is 5.75 Å². The molecule has 55 heavy (non-hydrogen) atoms. The van der Waals surface area contributed by atoms with Crippen molar-refractivity contribution in [3.05, 3.63) is 88.3 Å². The molecule has 3 amide bonds. The molecule has 0 bridgehead atoms. The molecule has 0 aliphatic carbocycles. The number of hydrogen-bond donors (Lipinski definition) is 7. The molecular formula is C29H21Br2N5Na3O13S3. The van der Waals surface area contributed by atoms with Crippen LogP contribution in [0.2, 0.25) is 0 Å². The molecule has 4 aromatic carbocycles. The minimum absolute atomic E-state index is 0. The third-order valence-corrected chi connectivity index (χ3v) is 9.92. The molecule has 0 fully saturated rings. The number of rotatable bonds is 11. The fraction of sp³-hybridized carbons (Fsp3) is 0. The van der Waals surface area contributed by atoms with Gasteiger partial charge in [-0.15, -0.1) is 10.2 Å². The Morgan fingerprint density at radius 3 is 1.64 bits per heavy atom. The van der Waals surface area contributed by atoms with Gasteiger partial charge in [0.05, 0.1) is 19.5 Å². The molecular weight excluding hydrogens is 951 g/mol. The first kappa shape index (κ1) is 51.1. The maximum atomic E-state index is 13.3. The summed E-state index contributed by atoms with van der Waals surface area (Å²) in [7, 11) is -15.5. The Morgan fingerprint density at radius 2 is 1.15 bits per heavy atom. The van der Waals surface area contributed by atoms with Gasteiger partial charge in [0, 0.05) is 111 Å². The number of anilines is 3. The summed E-state index contributed by atoms with van der Waals surface area (Å²) >= 11 is 5.78. The number of carbonyl (C=O) groups is 3. The van der Waals surface area contributed by atoms with Crippen LogP contribution < -0.4 is 16.0 Å². The van der Waals surface area contributed by atoms with E-state index in [-0.39, 0.29) is 115 Å². The molecule has 0 aliphatic heterocycles. The predicted octanol–water partition coefficient (Wildman–Crippen LogP) is 4.51. The average Bonchev–Trinajstić information content (AvgIpc) is 3.02. The number of phenolic OH excluding ortho intramolecular Hbond substituents is 1. The van der Waals surface area contributed by atoms with Crippen LogP contribution in [0.3, 0.4) is 0 Å². The maximum Gasteiger partial charge on any atom is 0.296 e. The van der Waals surface area contributed by atoms with Gasteiger partial charge < -0.3 is 21.1 Å².